The van der Waals surface area contributed by atoms with Crippen LogP contribution in [-0.2, 0) is 0 Å². The van der Waals surface area contributed by atoms with Gasteiger partial charge in [0.25, 0.3) is 0 Å². The highest BCUT2D eigenvalue weighted by Crippen LogP contribution is 2.33. The number of rotatable bonds is 0. The quantitative estimate of drug-likeness (QED) is 0.444. The highest BCUT2D eigenvalue weighted by Gasteiger charge is 2.12. The van der Waals surface area contributed by atoms with Gasteiger partial charge in [-0.3, -0.25) is 0 Å². The Hall–Kier alpha value is 0.180. The number of thiocarbonyl (C=S) groups is 1. The lowest BCUT2D eigenvalue weighted by atomic mass is 10.5. The van der Waals surface area contributed by atoms with E-state index in [2.05, 4.69) is 6.58 Å². The van der Waals surface area contributed by atoms with E-state index in [1.807, 2.05) is 0 Å². The van der Waals surface area contributed by atoms with Crippen LogP contribution in [0.5, 0.6) is 0 Å². The fraction of sp³-hybridized carbons (Fsp3) is 0.250. The van der Waals surface area contributed by atoms with Gasteiger partial charge in [0.15, 0.2) is 0 Å². The third-order valence-corrected chi connectivity index (χ3v) is 1.80. The van der Waals surface area contributed by atoms with Gasteiger partial charge in [-0.05, 0) is 4.91 Å². The maximum Gasteiger partial charge on any atom is 0.0572 e. The monoisotopic (exact) mass is 116 g/mol. The Morgan fingerprint density at radius 1 is 1.83 bits per heavy atom. The molecule has 1 heterocycles. The molecule has 0 amide bonds. The van der Waals surface area contributed by atoms with E-state index in [4.69, 9.17) is 12.2 Å². The highest BCUT2D eigenvalue weighted by molar-refractivity contribution is 8.27. The summed E-state index contributed by atoms with van der Waals surface area (Å²) in [5.41, 5.74) is 0. The van der Waals surface area contributed by atoms with Crippen molar-refractivity contribution < 1.29 is 0 Å². The van der Waals surface area contributed by atoms with Crippen molar-refractivity contribution >= 4 is 28.2 Å². The first-order valence-corrected chi connectivity index (χ1v) is 2.90. The summed E-state index contributed by atoms with van der Waals surface area (Å²) in [5, 5.41) is 0. The summed E-state index contributed by atoms with van der Waals surface area (Å²) in [4.78, 5) is 1.21. The third kappa shape index (κ3) is 0.632. The van der Waals surface area contributed by atoms with Crippen LogP contribution in [0.25, 0.3) is 0 Å². The molecule has 0 atom stereocenters. The molecule has 0 nitrogen and oxygen atoms in total. The molecule has 1 saturated heterocycles. The maximum atomic E-state index is 4.76. The molecule has 0 aromatic carbocycles. The Morgan fingerprint density at radius 3 is 2.33 bits per heavy atom. The van der Waals surface area contributed by atoms with Crippen molar-refractivity contribution in [3.05, 3.63) is 11.5 Å². The molecule has 0 N–H and O–H groups in total. The first kappa shape index (κ1) is 4.34. The fourth-order valence-corrected chi connectivity index (χ4v) is 1.47. The van der Waals surface area contributed by atoms with E-state index < -0.39 is 0 Å². The van der Waals surface area contributed by atoms with Crippen LogP contribution in [0, 0.1) is 0 Å². The molecule has 6 heavy (non-hydrogen) atoms. The average molecular weight is 116 g/mol. The van der Waals surface area contributed by atoms with E-state index >= 15 is 0 Å². The largest absolute Gasteiger partial charge is 0.0887 e. The van der Waals surface area contributed by atoms with E-state index in [1.54, 1.807) is 11.8 Å². The molecule has 0 aromatic rings. The zero-order valence-corrected chi connectivity index (χ0v) is 4.86. The van der Waals surface area contributed by atoms with Crippen LogP contribution in [0.3, 0.4) is 0 Å². The summed E-state index contributed by atoms with van der Waals surface area (Å²) in [6, 6.07) is 0. The van der Waals surface area contributed by atoms with Crippen molar-refractivity contribution in [2.75, 3.05) is 0 Å². The van der Waals surface area contributed by atoms with E-state index in [0.29, 0.717) is 0 Å². The highest BCUT2D eigenvalue weighted by atomic mass is 32.2. The van der Waals surface area contributed by atoms with Gasteiger partial charge in [-0.1, -0.05) is 30.6 Å². The lowest BCUT2D eigenvalue weighted by molar-refractivity contribution is 1.50. The molecule has 0 aliphatic carbocycles. The number of allylic oxidation sites excluding steroid dienone is 1. The number of hydrogen-bond acceptors (Lipinski definition) is 2. The van der Waals surface area contributed by atoms with E-state index in [1.165, 1.54) is 4.91 Å². The van der Waals surface area contributed by atoms with Gasteiger partial charge in [-0.15, -0.1) is 0 Å². The van der Waals surface area contributed by atoms with E-state index in [-0.39, 0.29) is 0 Å². The molecule has 0 aromatic heterocycles. The molecule has 0 spiro atoms. The smallest absolute Gasteiger partial charge is 0.0572 e. The zero-order chi connectivity index (χ0) is 4.57. The molecule has 2 heteroatoms. The Bertz CT molecular complexity index is 82.1. The summed E-state index contributed by atoms with van der Waals surface area (Å²) in [6.45, 7) is 3.69. The van der Waals surface area contributed by atoms with Crippen molar-refractivity contribution in [3.8, 4) is 0 Å². The minimum absolute atomic E-state index is 0.972. The van der Waals surface area contributed by atoms with Gasteiger partial charge < -0.3 is 0 Å². The Morgan fingerprint density at radius 2 is 2.33 bits per heavy atom. The molecule has 0 bridgehead atoms. The maximum absolute atomic E-state index is 4.76. The predicted octanol–water partition coefficient (Wildman–Crippen LogP) is 1.96. The second-order valence-electron chi connectivity index (χ2n) is 1.19. The molecule has 32 valence electrons. The van der Waals surface area contributed by atoms with E-state index in [0.717, 1.165) is 10.6 Å². The fourth-order valence-electron chi connectivity index (χ4n) is 0.314. The van der Waals surface area contributed by atoms with Crippen LogP contribution in [0.2, 0.25) is 0 Å². The molecule has 0 radical (unpaired) electrons. The third-order valence-electron chi connectivity index (χ3n) is 0.600. The molecular formula is C4H4S2. The summed E-state index contributed by atoms with van der Waals surface area (Å²) >= 11 is 6.38. The lowest BCUT2D eigenvalue weighted by Gasteiger charge is -2.13. The summed E-state index contributed by atoms with van der Waals surface area (Å²) in [7, 11) is 0. The number of thioether (sulfide) groups is 1. The molecule has 1 aliphatic heterocycles. The van der Waals surface area contributed by atoms with Gasteiger partial charge in [-0.2, -0.15) is 0 Å². The Kier molecular flexibility index (Phi) is 0.979. The minimum Gasteiger partial charge on any atom is -0.0887 e. The first-order valence-electron chi connectivity index (χ1n) is 1.67. The summed E-state index contributed by atoms with van der Waals surface area (Å²) in [5.74, 6) is 0. The van der Waals surface area contributed by atoms with Gasteiger partial charge in [0.05, 0.1) is 4.20 Å². The number of hydrogen-bond donors (Lipinski definition) is 0. The van der Waals surface area contributed by atoms with Crippen LogP contribution < -0.4 is 0 Å². The first-order chi connectivity index (χ1) is 2.79. The molecule has 1 rings (SSSR count). The van der Waals surface area contributed by atoms with Crippen molar-refractivity contribution in [1.29, 1.82) is 0 Å². The average Bonchev–Trinajstić information content (AvgIpc) is 1.33. The lowest BCUT2D eigenvalue weighted by Crippen LogP contribution is -1.99. The summed E-state index contributed by atoms with van der Waals surface area (Å²) in [6.07, 6.45) is 0.972. The predicted molar refractivity (Wildman–Crippen MR) is 33.9 cm³/mol. The van der Waals surface area contributed by atoms with Crippen molar-refractivity contribution in [2.24, 2.45) is 0 Å². The van der Waals surface area contributed by atoms with Gasteiger partial charge in [-0.25, -0.2) is 0 Å². The molecule has 1 fully saturated rings. The van der Waals surface area contributed by atoms with Crippen LogP contribution >= 0.6 is 24.0 Å². The van der Waals surface area contributed by atoms with Gasteiger partial charge >= 0.3 is 0 Å². The second-order valence-corrected chi connectivity index (χ2v) is 3.22. The van der Waals surface area contributed by atoms with Gasteiger partial charge in [0, 0.05) is 6.42 Å². The summed E-state index contributed by atoms with van der Waals surface area (Å²) < 4.78 is 1.08. The second kappa shape index (κ2) is 1.35. The Balaban J connectivity index is 2.47. The zero-order valence-electron chi connectivity index (χ0n) is 3.23. The van der Waals surface area contributed by atoms with Crippen molar-refractivity contribution in [1.82, 2.24) is 0 Å². The standard InChI is InChI=1S/C4H4S2/c1-3-2-4(5)6-3/h1-2H2. The van der Waals surface area contributed by atoms with Crippen molar-refractivity contribution in [2.45, 2.75) is 6.42 Å². The SMILES string of the molecule is C=C1CC(=S)S1. The van der Waals surface area contributed by atoms with E-state index in [9.17, 15) is 0 Å². The molecule has 1 aliphatic rings. The van der Waals surface area contributed by atoms with Gasteiger partial charge in [0.2, 0.25) is 0 Å². The van der Waals surface area contributed by atoms with Crippen molar-refractivity contribution in [3.63, 3.8) is 0 Å². The van der Waals surface area contributed by atoms with Gasteiger partial charge in [0.1, 0.15) is 0 Å². The minimum atomic E-state index is 0.972. The normalized spacial score (nSPS) is 20.7. The topological polar surface area (TPSA) is 0 Å². The van der Waals surface area contributed by atoms with Crippen LogP contribution in [0.1, 0.15) is 6.42 Å². The molecule has 0 unspecified atom stereocenters. The molecular weight excluding hydrogens is 112 g/mol. The van der Waals surface area contributed by atoms with Crippen LogP contribution in [0.15, 0.2) is 11.5 Å². The van der Waals surface area contributed by atoms with Crippen LogP contribution in [0.4, 0.5) is 0 Å². The Labute approximate surface area is 46.6 Å². The van der Waals surface area contributed by atoms with Crippen LogP contribution in [-0.4, -0.2) is 4.20 Å². The molecule has 0 saturated carbocycles.